The molecular weight excluding hydrogens is 416 g/mol. The van der Waals surface area contributed by atoms with Gasteiger partial charge in [0.25, 0.3) is 0 Å². The van der Waals surface area contributed by atoms with E-state index in [2.05, 4.69) is 35.7 Å². The van der Waals surface area contributed by atoms with Gasteiger partial charge in [-0.2, -0.15) is 26.3 Å². The highest BCUT2D eigenvalue weighted by molar-refractivity contribution is 8.05. The van der Waals surface area contributed by atoms with Crippen LogP contribution in [-0.2, 0) is 20.0 Å². The minimum Gasteiger partial charge on any atom is -0.359 e. The van der Waals surface area contributed by atoms with Crippen molar-refractivity contribution in [3.8, 4) is 0 Å². The monoisotopic (exact) mass is 433 g/mol. The van der Waals surface area contributed by atoms with Crippen molar-refractivity contribution in [2.24, 2.45) is 0 Å². The first-order chi connectivity index (χ1) is 11.6. The van der Waals surface area contributed by atoms with Gasteiger partial charge in [0.05, 0.1) is 6.67 Å². The van der Waals surface area contributed by atoms with Crippen LogP contribution in [0.2, 0.25) is 0 Å². The molecule has 0 spiro atoms. The second-order valence-electron chi connectivity index (χ2n) is 4.79. The number of alkyl halides is 6. The summed E-state index contributed by atoms with van der Waals surface area (Å²) in [7, 11) is -13.2. The summed E-state index contributed by atoms with van der Waals surface area (Å²) in [5, 5.41) is 0. The number of nitrogens with one attached hydrogen (secondary N) is 1. The number of nitrogens with zero attached hydrogens (tertiary/aromatic N) is 2. The largest absolute Gasteiger partial charge is 0.512 e. The first kappa shape index (κ1) is 24.5. The van der Waals surface area contributed by atoms with Crippen molar-refractivity contribution in [2.75, 3.05) is 19.8 Å². The standard InChI is InChI=1S/C9H16N2.C2HF6NO4S2/c1-3-5-10-7-8-11(9-10)6-4-2;3-1(4,5)14(10,11)9-15(12,13)2(6,7)8/h3,7-8H,1,4-6,9H2,2H3;9H. The minimum absolute atomic E-state index is 0.493. The van der Waals surface area contributed by atoms with E-state index < -0.39 is 35.2 Å². The van der Waals surface area contributed by atoms with Gasteiger partial charge in [-0.05, 0) is 6.42 Å². The van der Waals surface area contributed by atoms with E-state index in [1.807, 2.05) is 6.08 Å². The second-order valence-corrected chi connectivity index (χ2v) is 8.40. The molecule has 0 amide bonds. The fourth-order valence-electron chi connectivity index (χ4n) is 1.47. The van der Waals surface area contributed by atoms with Gasteiger partial charge >= 0.3 is 31.1 Å². The first-order valence-corrected chi connectivity index (χ1v) is 9.72. The molecule has 0 saturated carbocycles. The Kier molecular flexibility index (Phi) is 8.43. The summed E-state index contributed by atoms with van der Waals surface area (Å²) in [6.07, 6.45) is 7.41. The average molecular weight is 433 g/mol. The Bertz CT molecular complexity index is 658. The van der Waals surface area contributed by atoms with Gasteiger partial charge in [0, 0.05) is 25.5 Å². The number of halogens is 6. The molecular formula is C11H17F6N3O4S2. The molecule has 1 rings (SSSR count). The third-order valence-electron chi connectivity index (χ3n) is 2.55. The van der Waals surface area contributed by atoms with Crippen LogP contribution in [0.15, 0.2) is 25.1 Å². The Labute approximate surface area is 147 Å². The fourth-order valence-corrected chi connectivity index (χ4v) is 3.38. The molecule has 26 heavy (non-hydrogen) atoms. The van der Waals surface area contributed by atoms with Crippen LogP contribution < -0.4 is 4.13 Å². The Morgan fingerprint density at radius 3 is 1.77 bits per heavy atom. The van der Waals surface area contributed by atoms with Crippen molar-refractivity contribution < 1.29 is 43.2 Å². The molecule has 0 unspecified atom stereocenters. The highest BCUT2D eigenvalue weighted by atomic mass is 32.3. The predicted molar refractivity (Wildman–Crippen MR) is 81.0 cm³/mol. The van der Waals surface area contributed by atoms with Gasteiger partial charge in [-0.25, -0.2) is 16.8 Å². The van der Waals surface area contributed by atoms with E-state index in [0.717, 1.165) is 19.8 Å². The summed E-state index contributed by atoms with van der Waals surface area (Å²) in [5.74, 6) is 0. The van der Waals surface area contributed by atoms with Gasteiger partial charge in [-0.1, -0.05) is 17.1 Å². The summed E-state index contributed by atoms with van der Waals surface area (Å²) in [6.45, 7) is 9.04. The van der Waals surface area contributed by atoms with E-state index >= 15 is 0 Å². The van der Waals surface area contributed by atoms with Crippen LogP contribution in [0, 0.1) is 0 Å². The van der Waals surface area contributed by atoms with Gasteiger partial charge < -0.3 is 9.80 Å². The lowest BCUT2D eigenvalue weighted by atomic mass is 10.4. The van der Waals surface area contributed by atoms with Crippen molar-refractivity contribution in [1.29, 1.82) is 0 Å². The zero-order chi connectivity index (χ0) is 20.8. The fraction of sp³-hybridized carbons (Fsp3) is 0.636. The van der Waals surface area contributed by atoms with Crippen LogP contribution in [0.5, 0.6) is 0 Å². The van der Waals surface area contributed by atoms with Gasteiger partial charge in [0.2, 0.25) is 0 Å². The average Bonchev–Trinajstić information content (AvgIpc) is 2.84. The molecule has 0 atom stereocenters. The summed E-state index contributed by atoms with van der Waals surface area (Å²) in [5.41, 5.74) is -12.3. The third kappa shape index (κ3) is 7.41. The summed E-state index contributed by atoms with van der Waals surface area (Å²) >= 11 is 0. The molecule has 1 aliphatic heterocycles. The van der Waals surface area contributed by atoms with E-state index in [-0.39, 0.29) is 0 Å². The van der Waals surface area contributed by atoms with Crippen LogP contribution in [0.4, 0.5) is 26.3 Å². The molecule has 154 valence electrons. The van der Waals surface area contributed by atoms with Gasteiger partial charge in [-0.3, -0.25) is 0 Å². The molecule has 1 aliphatic rings. The van der Waals surface area contributed by atoms with Crippen molar-refractivity contribution in [3.63, 3.8) is 0 Å². The van der Waals surface area contributed by atoms with Crippen LogP contribution in [0.1, 0.15) is 13.3 Å². The smallest absolute Gasteiger partial charge is 0.359 e. The van der Waals surface area contributed by atoms with E-state index in [0.29, 0.717) is 0 Å². The Morgan fingerprint density at radius 2 is 1.42 bits per heavy atom. The lowest BCUT2D eigenvalue weighted by Crippen LogP contribution is -2.45. The van der Waals surface area contributed by atoms with Crippen molar-refractivity contribution in [3.05, 3.63) is 25.1 Å². The van der Waals surface area contributed by atoms with E-state index in [9.17, 15) is 43.2 Å². The highest BCUT2D eigenvalue weighted by Gasteiger charge is 2.55. The van der Waals surface area contributed by atoms with E-state index in [4.69, 9.17) is 0 Å². The maximum atomic E-state index is 11.5. The van der Waals surface area contributed by atoms with Crippen molar-refractivity contribution in [1.82, 2.24) is 13.9 Å². The SMILES string of the molecule is C=CCN1C=CN(CCC)C1.O=S(=O)(NS(=O)(=O)C(F)(F)F)C(F)(F)F. The molecule has 1 N–H and O–H groups in total. The molecule has 0 aromatic carbocycles. The molecule has 15 heteroatoms. The lowest BCUT2D eigenvalue weighted by Gasteiger charge is -2.19. The zero-order valence-electron chi connectivity index (χ0n) is 13.4. The zero-order valence-corrected chi connectivity index (χ0v) is 15.0. The molecule has 7 nitrogen and oxygen atoms in total. The molecule has 0 radical (unpaired) electrons. The van der Waals surface area contributed by atoms with Crippen molar-refractivity contribution >= 4 is 20.0 Å². The topological polar surface area (TPSA) is 86.8 Å². The molecule has 0 aromatic rings. The van der Waals surface area contributed by atoms with Crippen LogP contribution in [-0.4, -0.2) is 57.4 Å². The second kappa shape index (κ2) is 8.94. The van der Waals surface area contributed by atoms with Gasteiger partial charge in [0.1, 0.15) is 0 Å². The molecule has 0 aliphatic carbocycles. The molecule has 0 saturated heterocycles. The summed E-state index contributed by atoms with van der Waals surface area (Å²) in [6, 6.07) is 0. The van der Waals surface area contributed by atoms with E-state index in [1.165, 1.54) is 6.42 Å². The predicted octanol–water partition coefficient (Wildman–Crippen LogP) is 1.90. The molecule has 0 fully saturated rings. The van der Waals surface area contributed by atoms with Crippen LogP contribution >= 0.6 is 0 Å². The number of hydrogen-bond acceptors (Lipinski definition) is 6. The van der Waals surface area contributed by atoms with E-state index in [1.54, 1.807) is 0 Å². The van der Waals surface area contributed by atoms with Gasteiger partial charge in [-0.15, -0.1) is 6.58 Å². The minimum atomic E-state index is -6.60. The number of hydrogen-bond donors (Lipinski definition) is 1. The molecule has 0 aromatic heterocycles. The lowest BCUT2D eigenvalue weighted by molar-refractivity contribution is -0.0476. The number of sulfonamides is 2. The number of rotatable bonds is 6. The Morgan fingerprint density at radius 1 is 1.00 bits per heavy atom. The van der Waals surface area contributed by atoms with Crippen LogP contribution in [0.25, 0.3) is 0 Å². The normalized spacial score (nSPS) is 15.7. The molecule has 1 heterocycles. The highest BCUT2D eigenvalue weighted by Crippen LogP contribution is 2.27. The van der Waals surface area contributed by atoms with Crippen LogP contribution in [0.3, 0.4) is 0 Å². The third-order valence-corrected chi connectivity index (χ3v) is 5.53. The quantitative estimate of drug-likeness (QED) is 0.509. The maximum Gasteiger partial charge on any atom is 0.512 e. The maximum absolute atomic E-state index is 11.5. The van der Waals surface area contributed by atoms with Gasteiger partial charge in [0.15, 0.2) is 0 Å². The Balaban J connectivity index is 0.000000502. The Hall–Kier alpha value is -1.48. The van der Waals surface area contributed by atoms with Crippen molar-refractivity contribution in [2.45, 2.75) is 24.4 Å². The summed E-state index contributed by atoms with van der Waals surface area (Å²) in [4.78, 5) is 4.55. The first-order valence-electron chi connectivity index (χ1n) is 6.76. The summed E-state index contributed by atoms with van der Waals surface area (Å²) < 4.78 is 108. The molecule has 0 bridgehead atoms.